The van der Waals surface area contributed by atoms with E-state index in [1.807, 2.05) is 18.7 Å². The first-order valence-corrected chi connectivity index (χ1v) is 5.86. The van der Waals surface area contributed by atoms with Crippen molar-refractivity contribution in [2.75, 3.05) is 13.7 Å². The van der Waals surface area contributed by atoms with Gasteiger partial charge in [-0.25, -0.2) is 4.68 Å². The third kappa shape index (κ3) is 2.56. The number of aryl methyl sites for hydroxylation is 1. The van der Waals surface area contributed by atoms with Crippen molar-refractivity contribution in [1.29, 1.82) is 0 Å². The SMILES string of the molecule is CNC(C)c1nnnn1CCC1CCCO1. The van der Waals surface area contributed by atoms with Crippen molar-refractivity contribution in [3.05, 3.63) is 5.82 Å². The van der Waals surface area contributed by atoms with Gasteiger partial charge in [-0.15, -0.1) is 5.10 Å². The highest BCUT2D eigenvalue weighted by molar-refractivity contribution is 4.88. The average molecular weight is 225 g/mol. The van der Waals surface area contributed by atoms with E-state index in [-0.39, 0.29) is 6.04 Å². The van der Waals surface area contributed by atoms with Gasteiger partial charge in [0.1, 0.15) is 0 Å². The number of hydrogen-bond donors (Lipinski definition) is 1. The van der Waals surface area contributed by atoms with Crippen LogP contribution in [0.15, 0.2) is 0 Å². The fraction of sp³-hybridized carbons (Fsp3) is 0.900. The molecule has 1 aliphatic rings. The fourth-order valence-corrected chi connectivity index (χ4v) is 1.95. The van der Waals surface area contributed by atoms with Crippen molar-refractivity contribution >= 4 is 0 Å². The second-order valence-electron chi connectivity index (χ2n) is 4.19. The smallest absolute Gasteiger partial charge is 0.167 e. The lowest BCUT2D eigenvalue weighted by atomic mass is 10.2. The maximum absolute atomic E-state index is 5.58. The molecular formula is C10H19N5O. The Balaban J connectivity index is 1.90. The Morgan fingerprint density at radius 3 is 3.19 bits per heavy atom. The van der Waals surface area contributed by atoms with Gasteiger partial charge in [-0.3, -0.25) is 0 Å². The highest BCUT2D eigenvalue weighted by Gasteiger charge is 2.17. The number of hydrogen-bond acceptors (Lipinski definition) is 5. The standard InChI is InChI=1S/C10H19N5O/c1-8(11-2)10-12-13-14-15(10)6-5-9-4-3-7-16-9/h8-9,11H,3-7H2,1-2H3. The quantitative estimate of drug-likeness (QED) is 0.791. The van der Waals surface area contributed by atoms with E-state index in [0.717, 1.165) is 25.4 Å². The topological polar surface area (TPSA) is 64.9 Å². The normalized spacial score (nSPS) is 22.5. The van der Waals surface area contributed by atoms with Gasteiger partial charge in [0.25, 0.3) is 0 Å². The van der Waals surface area contributed by atoms with Crippen LogP contribution in [0.3, 0.4) is 0 Å². The molecule has 2 unspecified atom stereocenters. The van der Waals surface area contributed by atoms with Gasteiger partial charge in [0.05, 0.1) is 12.1 Å². The summed E-state index contributed by atoms with van der Waals surface area (Å²) in [7, 11) is 1.91. The molecule has 6 heteroatoms. The number of nitrogens with zero attached hydrogens (tertiary/aromatic N) is 4. The Morgan fingerprint density at radius 1 is 1.62 bits per heavy atom. The summed E-state index contributed by atoms with van der Waals surface area (Å²) in [6.07, 6.45) is 3.73. The molecule has 0 saturated carbocycles. The van der Waals surface area contributed by atoms with Gasteiger partial charge in [0, 0.05) is 13.2 Å². The van der Waals surface area contributed by atoms with E-state index in [0.29, 0.717) is 6.10 Å². The van der Waals surface area contributed by atoms with Crippen molar-refractivity contribution in [2.45, 2.75) is 44.9 Å². The van der Waals surface area contributed by atoms with E-state index in [9.17, 15) is 0 Å². The zero-order chi connectivity index (χ0) is 11.4. The van der Waals surface area contributed by atoms with Crippen molar-refractivity contribution < 1.29 is 4.74 Å². The molecule has 1 aliphatic heterocycles. The van der Waals surface area contributed by atoms with Crippen molar-refractivity contribution in [1.82, 2.24) is 25.5 Å². The van der Waals surface area contributed by atoms with Crippen LogP contribution >= 0.6 is 0 Å². The number of ether oxygens (including phenoxy) is 1. The minimum absolute atomic E-state index is 0.180. The van der Waals surface area contributed by atoms with E-state index < -0.39 is 0 Å². The van der Waals surface area contributed by atoms with Gasteiger partial charge in [0.15, 0.2) is 5.82 Å². The first-order valence-electron chi connectivity index (χ1n) is 5.86. The lowest BCUT2D eigenvalue weighted by molar-refractivity contribution is 0.0989. The average Bonchev–Trinajstić information content (AvgIpc) is 2.96. The molecule has 2 rings (SSSR count). The summed E-state index contributed by atoms with van der Waals surface area (Å²) in [4.78, 5) is 0. The monoisotopic (exact) mass is 225 g/mol. The summed E-state index contributed by atoms with van der Waals surface area (Å²) in [5, 5.41) is 14.9. The summed E-state index contributed by atoms with van der Waals surface area (Å²) >= 11 is 0. The highest BCUT2D eigenvalue weighted by Crippen LogP contribution is 2.16. The van der Waals surface area contributed by atoms with Gasteiger partial charge in [-0.2, -0.15) is 0 Å². The van der Waals surface area contributed by atoms with Gasteiger partial charge >= 0.3 is 0 Å². The third-order valence-corrected chi connectivity index (χ3v) is 3.07. The largest absolute Gasteiger partial charge is 0.378 e. The van der Waals surface area contributed by atoms with Crippen LogP contribution in [-0.2, 0) is 11.3 Å². The lowest BCUT2D eigenvalue weighted by Crippen LogP contribution is -2.20. The van der Waals surface area contributed by atoms with Crippen LogP contribution in [0.1, 0.15) is 38.1 Å². The van der Waals surface area contributed by atoms with Gasteiger partial charge < -0.3 is 10.1 Å². The second kappa shape index (κ2) is 5.36. The predicted octanol–water partition coefficient (Wildman–Crippen LogP) is 0.523. The molecule has 1 saturated heterocycles. The number of nitrogens with one attached hydrogen (secondary N) is 1. The molecule has 90 valence electrons. The predicted molar refractivity (Wildman–Crippen MR) is 58.9 cm³/mol. The minimum atomic E-state index is 0.180. The van der Waals surface area contributed by atoms with Crippen LogP contribution in [0.5, 0.6) is 0 Å². The molecule has 2 heterocycles. The van der Waals surface area contributed by atoms with Crippen LogP contribution in [-0.4, -0.2) is 40.0 Å². The van der Waals surface area contributed by atoms with Crippen LogP contribution in [0.25, 0.3) is 0 Å². The summed E-state index contributed by atoms with van der Waals surface area (Å²) in [5.74, 6) is 0.889. The Morgan fingerprint density at radius 2 is 2.50 bits per heavy atom. The Labute approximate surface area is 95.4 Å². The van der Waals surface area contributed by atoms with Crippen LogP contribution in [0.2, 0.25) is 0 Å². The maximum atomic E-state index is 5.58. The van der Waals surface area contributed by atoms with Crippen molar-refractivity contribution in [3.63, 3.8) is 0 Å². The van der Waals surface area contributed by atoms with Crippen LogP contribution in [0.4, 0.5) is 0 Å². The molecule has 0 spiro atoms. The van der Waals surface area contributed by atoms with E-state index in [2.05, 4.69) is 20.8 Å². The van der Waals surface area contributed by atoms with Crippen LogP contribution in [0, 0.1) is 0 Å². The molecule has 16 heavy (non-hydrogen) atoms. The Hall–Kier alpha value is -1.01. The second-order valence-corrected chi connectivity index (χ2v) is 4.19. The summed E-state index contributed by atoms with van der Waals surface area (Å²) in [5.41, 5.74) is 0. The fourth-order valence-electron chi connectivity index (χ4n) is 1.95. The van der Waals surface area contributed by atoms with E-state index in [1.165, 1.54) is 12.8 Å². The molecule has 1 N–H and O–H groups in total. The van der Waals surface area contributed by atoms with E-state index in [1.54, 1.807) is 0 Å². The minimum Gasteiger partial charge on any atom is -0.378 e. The number of tetrazole rings is 1. The number of aromatic nitrogens is 4. The van der Waals surface area contributed by atoms with E-state index in [4.69, 9.17) is 4.74 Å². The van der Waals surface area contributed by atoms with E-state index >= 15 is 0 Å². The molecular weight excluding hydrogens is 206 g/mol. The zero-order valence-electron chi connectivity index (χ0n) is 9.89. The summed E-state index contributed by atoms with van der Waals surface area (Å²) < 4.78 is 7.44. The summed E-state index contributed by atoms with van der Waals surface area (Å²) in [6, 6.07) is 0.180. The lowest BCUT2D eigenvalue weighted by Gasteiger charge is -2.12. The third-order valence-electron chi connectivity index (χ3n) is 3.07. The zero-order valence-corrected chi connectivity index (χ0v) is 9.89. The molecule has 0 radical (unpaired) electrons. The first kappa shape index (κ1) is 11.5. The number of rotatable bonds is 5. The maximum Gasteiger partial charge on any atom is 0.167 e. The van der Waals surface area contributed by atoms with Gasteiger partial charge in [-0.05, 0) is 43.7 Å². The molecule has 1 aromatic heterocycles. The van der Waals surface area contributed by atoms with Crippen LogP contribution < -0.4 is 5.32 Å². The molecule has 1 aromatic rings. The first-order chi connectivity index (χ1) is 7.81. The van der Waals surface area contributed by atoms with Crippen molar-refractivity contribution in [3.8, 4) is 0 Å². The molecule has 0 bridgehead atoms. The van der Waals surface area contributed by atoms with Crippen molar-refractivity contribution in [2.24, 2.45) is 0 Å². The molecule has 2 atom stereocenters. The highest BCUT2D eigenvalue weighted by atomic mass is 16.5. The molecule has 0 aliphatic carbocycles. The molecule has 6 nitrogen and oxygen atoms in total. The van der Waals surface area contributed by atoms with Gasteiger partial charge in [0.2, 0.25) is 0 Å². The summed E-state index contributed by atoms with van der Waals surface area (Å²) in [6.45, 7) is 3.79. The molecule has 1 fully saturated rings. The Kier molecular flexibility index (Phi) is 3.84. The van der Waals surface area contributed by atoms with Gasteiger partial charge in [-0.1, -0.05) is 0 Å². The molecule has 0 aromatic carbocycles. The Bertz CT molecular complexity index is 321. The molecule has 0 amide bonds.